The molecule has 5 atom stereocenters. The van der Waals surface area contributed by atoms with Crippen molar-refractivity contribution in [3.05, 3.63) is 40.6 Å². The molecule has 2 heterocycles. The lowest BCUT2D eigenvalue weighted by Gasteiger charge is -2.39. The Morgan fingerprint density at radius 3 is 2.38 bits per heavy atom. The van der Waals surface area contributed by atoms with Crippen LogP contribution < -0.4 is 14.9 Å². The molecule has 0 amide bonds. The van der Waals surface area contributed by atoms with Crippen molar-refractivity contribution >= 4 is 11.0 Å². The zero-order valence-corrected chi connectivity index (χ0v) is 17.7. The van der Waals surface area contributed by atoms with Gasteiger partial charge in [0.05, 0.1) is 13.7 Å². The number of benzene rings is 2. The number of aliphatic hydroxyl groups is 4. The van der Waals surface area contributed by atoms with Crippen molar-refractivity contribution in [3.8, 4) is 40.1 Å². The van der Waals surface area contributed by atoms with Gasteiger partial charge in [0.1, 0.15) is 46.9 Å². The number of aliphatic hydroxyl groups excluding tert-OH is 4. The van der Waals surface area contributed by atoms with Gasteiger partial charge in [-0.3, -0.25) is 4.79 Å². The zero-order chi connectivity index (χ0) is 24.7. The Morgan fingerprint density at radius 1 is 0.971 bits per heavy atom. The molecule has 12 nitrogen and oxygen atoms in total. The van der Waals surface area contributed by atoms with Crippen molar-refractivity contribution in [1.29, 1.82) is 0 Å². The van der Waals surface area contributed by atoms with Crippen molar-refractivity contribution in [2.24, 2.45) is 0 Å². The average Bonchev–Trinajstić information content (AvgIpc) is 2.81. The van der Waals surface area contributed by atoms with E-state index in [4.69, 9.17) is 18.6 Å². The molecule has 2 aromatic carbocycles. The summed E-state index contributed by atoms with van der Waals surface area (Å²) < 4.78 is 21.7. The van der Waals surface area contributed by atoms with Crippen molar-refractivity contribution in [3.63, 3.8) is 0 Å². The Labute approximate surface area is 191 Å². The monoisotopic (exact) mass is 478 g/mol. The van der Waals surface area contributed by atoms with Crippen molar-refractivity contribution in [2.45, 2.75) is 30.7 Å². The van der Waals surface area contributed by atoms with Gasteiger partial charge in [-0.05, 0) is 18.2 Å². The van der Waals surface area contributed by atoms with Gasteiger partial charge < -0.3 is 54.4 Å². The molecule has 0 radical (unpaired) electrons. The molecule has 1 fully saturated rings. The molecule has 0 aliphatic carbocycles. The van der Waals surface area contributed by atoms with E-state index in [1.807, 2.05) is 0 Å². The van der Waals surface area contributed by atoms with Gasteiger partial charge in [-0.1, -0.05) is 0 Å². The standard InChI is InChI=1S/C22H22O12/c1-31-12-4-8(21-19(29)17(27)15-10(25)5-9(24)6-13(15)32-21)2-3-11(12)33-22-20(30)18(28)16(26)14(7-23)34-22/h2-6,14,16,18,20,22-26,28-30H,7H2,1H3/t14-,16+,18+,20-,22-/m1/s1. The Hall–Kier alpha value is -3.55. The van der Waals surface area contributed by atoms with Crippen LogP contribution in [0.15, 0.2) is 39.5 Å². The second-order valence-corrected chi connectivity index (χ2v) is 7.63. The largest absolute Gasteiger partial charge is 0.508 e. The van der Waals surface area contributed by atoms with E-state index in [-0.39, 0.29) is 39.5 Å². The van der Waals surface area contributed by atoms with Crippen LogP contribution in [-0.4, -0.2) is 80.2 Å². The van der Waals surface area contributed by atoms with E-state index in [1.165, 1.54) is 25.3 Å². The number of ether oxygens (including phenoxy) is 3. The molecule has 12 heteroatoms. The molecule has 4 rings (SSSR count). The summed E-state index contributed by atoms with van der Waals surface area (Å²) in [6.07, 6.45) is -7.48. The highest BCUT2D eigenvalue weighted by molar-refractivity contribution is 5.88. The van der Waals surface area contributed by atoms with E-state index >= 15 is 0 Å². The normalized spacial score (nSPS) is 24.8. The Bertz CT molecular complexity index is 1270. The van der Waals surface area contributed by atoms with Gasteiger partial charge in [0.2, 0.25) is 17.5 Å². The Morgan fingerprint density at radius 2 is 1.71 bits per heavy atom. The summed E-state index contributed by atoms with van der Waals surface area (Å²) in [5.41, 5.74) is -0.928. The topological polar surface area (TPSA) is 200 Å². The summed E-state index contributed by atoms with van der Waals surface area (Å²) >= 11 is 0. The first-order chi connectivity index (χ1) is 16.2. The van der Waals surface area contributed by atoms with E-state index in [0.717, 1.165) is 12.1 Å². The van der Waals surface area contributed by atoms with Crippen LogP contribution in [-0.2, 0) is 4.74 Å². The van der Waals surface area contributed by atoms with Gasteiger partial charge in [-0.15, -0.1) is 0 Å². The van der Waals surface area contributed by atoms with Crippen LogP contribution in [0.1, 0.15) is 0 Å². The van der Waals surface area contributed by atoms with Crippen molar-refractivity contribution in [2.75, 3.05) is 13.7 Å². The third kappa shape index (κ3) is 3.97. The summed E-state index contributed by atoms with van der Waals surface area (Å²) in [4.78, 5) is 12.6. The fraction of sp³-hybridized carbons (Fsp3) is 0.318. The van der Waals surface area contributed by atoms with Crippen molar-refractivity contribution in [1.82, 2.24) is 0 Å². The van der Waals surface area contributed by atoms with Crippen molar-refractivity contribution < 1.29 is 54.4 Å². The summed E-state index contributed by atoms with van der Waals surface area (Å²) in [6, 6.07) is 6.11. The molecule has 0 unspecified atom stereocenters. The van der Waals surface area contributed by atoms with Gasteiger partial charge in [0.15, 0.2) is 17.3 Å². The van der Waals surface area contributed by atoms with Crippen LogP contribution in [0.2, 0.25) is 0 Å². The lowest BCUT2D eigenvalue weighted by molar-refractivity contribution is -0.277. The van der Waals surface area contributed by atoms with E-state index in [9.17, 15) is 40.5 Å². The third-order valence-corrected chi connectivity index (χ3v) is 5.45. The Kier molecular flexibility index (Phi) is 6.25. The van der Waals surface area contributed by atoms with Gasteiger partial charge >= 0.3 is 0 Å². The highest BCUT2D eigenvalue weighted by Crippen LogP contribution is 2.39. The number of fused-ring (bicyclic) bond motifs is 1. The van der Waals surface area contributed by atoms with E-state index in [0.29, 0.717) is 0 Å². The highest BCUT2D eigenvalue weighted by atomic mass is 16.7. The lowest BCUT2D eigenvalue weighted by Crippen LogP contribution is -2.60. The fourth-order valence-electron chi connectivity index (χ4n) is 3.67. The molecule has 1 saturated heterocycles. The number of phenolic OH excluding ortho intramolecular Hbond substituents is 2. The molecular formula is C22H22O12. The summed E-state index contributed by atoms with van der Waals surface area (Å²) in [7, 11) is 1.30. The van der Waals surface area contributed by atoms with Crippen LogP contribution >= 0.6 is 0 Å². The lowest BCUT2D eigenvalue weighted by atomic mass is 9.99. The van der Waals surface area contributed by atoms with Gasteiger partial charge in [0, 0.05) is 17.7 Å². The quantitative estimate of drug-likeness (QED) is 0.254. The molecule has 1 aromatic heterocycles. The fourth-order valence-corrected chi connectivity index (χ4v) is 3.67. The predicted octanol–water partition coefficient (Wildman–Crippen LogP) is -0.236. The van der Waals surface area contributed by atoms with E-state index < -0.39 is 54.2 Å². The molecule has 34 heavy (non-hydrogen) atoms. The van der Waals surface area contributed by atoms with Crippen LogP contribution in [0.25, 0.3) is 22.3 Å². The number of hydrogen-bond donors (Lipinski definition) is 7. The maximum absolute atomic E-state index is 12.6. The molecule has 182 valence electrons. The first-order valence-electron chi connectivity index (χ1n) is 10.0. The molecule has 0 spiro atoms. The Balaban J connectivity index is 1.71. The minimum atomic E-state index is -1.65. The second kappa shape index (κ2) is 9.00. The molecule has 1 aliphatic heterocycles. The summed E-state index contributed by atoms with van der Waals surface area (Å²) in [6.45, 7) is -0.633. The average molecular weight is 478 g/mol. The van der Waals surface area contributed by atoms with Crippen LogP contribution in [0.3, 0.4) is 0 Å². The summed E-state index contributed by atoms with van der Waals surface area (Å²) in [5.74, 6) is -1.92. The van der Waals surface area contributed by atoms with E-state index in [2.05, 4.69) is 0 Å². The van der Waals surface area contributed by atoms with Crippen LogP contribution in [0, 0.1) is 0 Å². The number of aromatic hydroxyl groups is 3. The van der Waals surface area contributed by atoms with Gasteiger partial charge in [0.25, 0.3) is 0 Å². The molecule has 1 aliphatic rings. The molecule has 3 aromatic rings. The maximum atomic E-state index is 12.6. The summed E-state index contributed by atoms with van der Waals surface area (Å²) in [5, 5.41) is 69.1. The van der Waals surface area contributed by atoms with Gasteiger partial charge in [-0.25, -0.2) is 0 Å². The minimum absolute atomic E-state index is 0.0218. The number of phenols is 2. The molecule has 7 N–H and O–H groups in total. The second-order valence-electron chi connectivity index (χ2n) is 7.63. The predicted molar refractivity (Wildman–Crippen MR) is 114 cm³/mol. The van der Waals surface area contributed by atoms with Crippen LogP contribution in [0.4, 0.5) is 0 Å². The minimum Gasteiger partial charge on any atom is -0.508 e. The van der Waals surface area contributed by atoms with E-state index in [1.54, 1.807) is 0 Å². The zero-order valence-electron chi connectivity index (χ0n) is 17.7. The molecule has 0 bridgehead atoms. The number of methoxy groups -OCH3 is 1. The molecular weight excluding hydrogens is 456 g/mol. The number of rotatable bonds is 5. The first-order valence-corrected chi connectivity index (χ1v) is 10.0. The van der Waals surface area contributed by atoms with Gasteiger partial charge in [-0.2, -0.15) is 0 Å². The first kappa shape index (κ1) is 23.6. The smallest absolute Gasteiger partial charge is 0.238 e. The third-order valence-electron chi connectivity index (χ3n) is 5.45. The number of hydrogen-bond acceptors (Lipinski definition) is 12. The molecule has 0 saturated carbocycles. The van der Waals surface area contributed by atoms with Crippen LogP contribution in [0.5, 0.6) is 28.7 Å². The SMILES string of the molecule is COc1cc(-c2oc3cc(O)cc(O)c3c(=O)c2O)ccc1O[C@@H]1O[C@H](CO)[C@H](O)[C@H](O)[C@H]1O. The maximum Gasteiger partial charge on any atom is 0.238 e. The highest BCUT2D eigenvalue weighted by Gasteiger charge is 2.45.